The Bertz CT molecular complexity index is 490. The van der Waals surface area contributed by atoms with E-state index in [0.717, 1.165) is 21.9 Å². The van der Waals surface area contributed by atoms with Gasteiger partial charge in [0, 0.05) is 22.0 Å². The zero-order valence-corrected chi connectivity index (χ0v) is 8.17. The van der Waals surface area contributed by atoms with Crippen LogP contribution in [0, 0.1) is 0 Å². The second kappa shape index (κ2) is 3.40. The summed E-state index contributed by atoms with van der Waals surface area (Å²) < 4.78 is 0.907. The zero-order chi connectivity index (χ0) is 10.1. The molecule has 1 aromatic carbocycles. The van der Waals surface area contributed by atoms with Crippen molar-refractivity contribution in [1.82, 2.24) is 0 Å². The molecule has 0 saturated heterocycles. The predicted molar refractivity (Wildman–Crippen MR) is 57.5 cm³/mol. The van der Waals surface area contributed by atoms with Crippen LogP contribution < -0.4 is 5.73 Å². The van der Waals surface area contributed by atoms with Gasteiger partial charge in [0.25, 0.3) is 0 Å². The van der Waals surface area contributed by atoms with E-state index in [4.69, 9.17) is 10.8 Å². The highest BCUT2D eigenvalue weighted by Gasteiger charge is 2.07. The maximum Gasteiger partial charge on any atom is 0.151 e. The maximum absolute atomic E-state index is 10.7. The number of nitrogen functional groups attached to an aromatic ring is 1. The number of hydrogen-bond acceptors (Lipinski definition) is 4. The summed E-state index contributed by atoms with van der Waals surface area (Å²) in [5, 5.41) is 11.6. The molecule has 0 bridgehead atoms. The summed E-state index contributed by atoms with van der Waals surface area (Å²) in [6.07, 6.45) is 0.805. The second-order valence-corrected chi connectivity index (χ2v) is 3.91. The van der Waals surface area contributed by atoms with E-state index in [-0.39, 0.29) is 6.61 Å². The smallest absolute Gasteiger partial charge is 0.151 e. The van der Waals surface area contributed by atoms with Crippen LogP contribution in [0.5, 0.6) is 0 Å². The van der Waals surface area contributed by atoms with Crippen molar-refractivity contribution in [3.8, 4) is 0 Å². The molecule has 1 heterocycles. The third-order valence-corrected chi connectivity index (χ3v) is 3.16. The minimum Gasteiger partial charge on any atom is -0.398 e. The number of hydrogen-bond donors (Lipinski definition) is 2. The van der Waals surface area contributed by atoms with Gasteiger partial charge in [0.2, 0.25) is 0 Å². The van der Waals surface area contributed by atoms with Crippen molar-refractivity contribution in [3.63, 3.8) is 0 Å². The molecule has 3 nitrogen and oxygen atoms in total. The van der Waals surface area contributed by atoms with Crippen molar-refractivity contribution >= 4 is 33.4 Å². The summed E-state index contributed by atoms with van der Waals surface area (Å²) in [6.45, 7) is -0.0612. The number of fused-ring (bicyclic) bond motifs is 1. The molecule has 0 unspecified atom stereocenters. The molecule has 0 aliphatic heterocycles. The molecule has 72 valence electrons. The normalized spacial score (nSPS) is 10.6. The summed E-state index contributed by atoms with van der Waals surface area (Å²) in [4.78, 5) is 10.7. The van der Waals surface area contributed by atoms with Crippen LogP contribution in [0.15, 0.2) is 17.5 Å². The number of carbonyl (C=O) groups excluding carboxylic acids is 1. The molecule has 0 amide bonds. The molecule has 0 aliphatic rings. The molecule has 0 radical (unpaired) electrons. The molecule has 0 fully saturated rings. The molecule has 0 atom stereocenters. The van der Waals surface area contributed by atoms with Crippen molar-refractivity contribution < 1.29 is 9.90 Å². The topological polar surface area (TPSA) is 63.3 Å². The number of rotatable bonds is 2. The van der Waals surface area contributed by atoms with Gasteiger partial charge in [0.1, 0.15) is 0 Å². The van der Waals surface area contributed by atoms with Gasteiger partial charge in [-0.1, -0.05) is 0 Å². The standard InChI is InChI=1S/C10H9NO2S/c11-9-2-6(3-12)1-8-7(4-13)5-14-10(8)9/h1-2,4-5,12H,3,11H2. The Hall–Kier alpha value is -1.39. The number of aliphatic hydroxyl groups is 1. The van der Waals surface area contributed by atoms with Crippen LogP contribution in [0.2, 0.25) is 0 Å². The third-order valence-electron chi connectivity index (χ3n) is 2.10. The lowest BCUT2D eigenvalue weighted by molar-refractivity contribution is 0.112. The fourth-order valence-electron chi connectivity index (χ4n) is 1.43. The molecular formula is C10H9NO2S. The Morgan fingerprint density at radius 3 is 2.93 bits per heavy atom. The summed E-state index contributed by atoms with van der Waals surface area (Å²) in [5.41, 5.74) is 7.76. The van der Waals surface area contributed by atoms with E-state index in [2.05, 4.69) is 0 Å². The molecule has 2 rings (SSSR count). The van der Waals surface area contributed by atoms with Crippen molar-refractivity contribution in [3.05, 3.63) is 28.6 Å². The molecule has 0 spiro atoms. The molecule has 1 aromatic heterocycles. The summed E-state index contributed by atoms with van der Waals surface area (Å²) in [5.74, 6) is 0. The monoisotopic (exact) mass is 207 g/mol. The lowest BCUT2D eigenvalue weighted by atomic mass is 10.1. The van der Waals surface area contributed by atoms with Gasteiger partial charge in [-0.2, -0.15) is 0 Å². The highest BCUT2D eigenvalue weighted by atomic mass is 32.1. The van der Waals surface area contributed by atoms with E-state index in [1.165, 1.54) is 11.3 Å². The number of carbonyl (C=O) groups is 1. The van der Waals surface area contributed by atoms with Crippen LogP contribution in [0.3, 0.4) is 0 Å². The van der Waals surface area contributed by atoms with Crippen LogP contribution in [0.25, 0.3) is 10.1 Å². The Kier molecular flexibility index (Phi) is 2.23. The molecule has 2 aromatic rings. The van der Waals surface area contributed by atoms with E-state index < -0.39 is 0 Å². The molecule has 4 heteroatoms. The minimum atomic E-state index is -0.0612. The van der Waals surface area contributed by atoms with Crippen molar-refractivity contribution in [2.75, 3.05) is 5.73 Å². The lowest BCUT2D eigenvalue weighted by Gasteiger charge is -2.00. The molecular weight excluding hydrogens is 198 g/mol. The van der Waals surface area contributed by atoms with E-state index in [1.54, 1.807) is 17.5 Å². The average Bonchev–Trinajstić information content (AvgIpc) is 2.61. The van der Waals surface area contributed by atoms with Gasteiger partial charge in [0.05, 0.1) is 11.3 Å². The number of aldehydes is 1. The number of anilines is 1. The van der Waals surface area contributed by atoms with E-state index >= 15 is 0 Å². The number of nitrogens with two attached hydrogens (primary N) is 1. The second-order valence-electron chi connectivity index (χ2n) is 3.03. The van der Waals surface area contributed by atoms with Gasteiger partial charge in [-0.3, -0.25) is 4.79 Å². The molecule has 14 heavy (non-hydrogen) atoms. The Morgan fingerprint density at radius 2 is 2.29 bits per heavy atom. The Morgan fingerprint density at radius 1 is 1.50 bits per heavy atom. The first kappa shape index (κ1) is 9.18. The fourth-order valence-corrected chi connectivity index (χ4v) is 2.35. The van der Waals surface area contributed by atoms with Crippen LogP contribution in [0.4, 0.5) is 5.69 Å². The van der Waals surface area contributed by atoms with Gasteiger partial charge < -0.3 is 10.8 Å². The Labute approximate surface area is 84.8 Å². The van der Waals surface area contributed by atoms with E-state index in [9.17, 15) is 4.79 Å². The average molecular weight is 207 g/mol. The quantitative estimate of drug-likeness (QED) is 0.583. The van der Waals surface area contributed by atoms with Crippen LogP contribution >= 0.6 is 11.3 Å². The number of benzene rings is 1. The van der Waals surface area contributed by atoms with Gasteiger partial charge >= 0.3 is 0 Å². The highest BCUT2D eigenvalue weighted by Crippen LogP contribution is 2.31. The van der Waals surface area contributed by atoms with Crippen LogP contribution in [-0.2, 0) is 6.61 Å². The first-order valence-electron chi connectivity index (χ1n) is 4.12. The van der Waals surface area contributed by atoms with Gasteiger partial charge in [0.15, 0.2) is 6.29 Å². The first-order valence-corrected chi connectivity index (χ1v) is 5.00. The van der Waals surface area contributed by atoms with Crippen LogP contribution in [0.1, 0.15) is 15.9 Å². The summed E-state index contributed by atoms with van der Waals surface area (Å²) in [7, 11) is 0. The van der Waals surface area contributed by atoms with E-state index in [0.29, 0.717) is 11.3 Å². The lowest BCUT2D eigenvalue weighted by Crippen LogP contribution is -1.90. The molecule has 0 saturated carbocycles. The van der Waals surface area contributed by atoms with Gasteiger partial charge in [-0.25, -0.2) is 0 Å². The zero-order valence-electron chi connectivity index (χ0n) is 7.36. The summed E-state index contributed by atoms with van der Waals surface area (Å²) in [6, 6.07) is 3.53. The van der Waals surface area contributed by atoms with Gasteiger partial charge in [-0.15, -0.1) is 11.3 Å². The summed E-state index contributed by atoms with van der Waals surface area (Å²) >= 11 is 1.45. The van der Waals surface area contributed by atoms with Crippen LogP contribution in [-0.4, -0.2) is 11.4 Å². The number of thiophene rings is 1. The third kappa shape index (κ3) is 1.29. The van der Waals surface area contributed by atoms with Crippen molar-refractivity contribution in [2.24, 2.45) is 0 Å². The fraction of sp³-hybridized carbons (Fsp3) is 0.100. The first-order chi connectivity index (χ1) is 6.76. The maximum atomic E-state index is 10.7. The van der Waals surface area contributed by atoms with Crippen molar-refractivity contribution in [2.45, 2.75) is 6.61 Å². The molecule has 3 N–H and O–H groups in total. The molecule has 0 aliphatic carbocycles. The minimum absolute atomic E-state index is 0.0612. The Balaban J connectivity index is 2.79. The SMILES string of the molecule is Nc1cc(CO)cc2c(C=O)csc12. The van der Waals surface area contributed by atoms with Gasteiger partial charge in [-0.05, 0) is 17.7 Å². The van der Waals surface area contributed by atoms with E-state index in [1.807, 2.05) is 0 Å². The predicted octanol–water partition coefficient (Wildman–Crippen LogP) is 1.79. The highest BCUT2D eigenvalue weighted by molar-refractivity contribution is 7.18. The largest absolute Gasteiger partial charge is 0.398 e. The van der Waals surface area contributed by atoms with Crippen molar-refractivity contribution in [1.29, 1.82) is 0 Å². The number of aliphatic hydroxyl groups excluding tert-OH is 1.